The van der Waals surface area contributed by atoms with Crippen LogP contribution in [-0.4, -0.2) is 30.2 Å². The molecule has 1 aliphatic carbocycles. The van der Waals surface area contributed by atoms with Gasteiger partial charge in [0.25, 0.3) is 0 Å². The van der Waals surface area contributed by atoms with E-state index in [1.165, 1.54) is 12.8 Å². The molecule has 1 saturated carbocycles. The number of rotatable bonds is 3. The van der Waals surface area contributed by atoms with Gasteiger partial charge in [0.2, 0.25) is 5.91 Å². The van der Waals surface area contributed by atoms with Crippen molar-refractivity contribution < 1.29 is 9.59 Å². The molecule has 3 heteroatoms. The summed E-state index contributed by atoms with van der Waals surface area (Å²) in [5.41, 5.74) is 0.387. The lowest BCUT2D eigenvalue weighted by molar-refractivity contribution is -0.136. The first-order valence-electron chi connectivity index (χ1n) is 5.38. The first-order chi connectivity index (χ1) is 6.65. The van der Waals surface area contributed by atoms with Gasteiger partial charge in [0.1, 0.15) is 6.29 Å². The molecule has 0 aromatic heterocycles. The molecule has 2 fully saturated rings. The molecule has 1 heterocycles. The van der Waals surface area contributed by atoms with E-state index in [1.807, 2.05) is 11.8 Å². The van der Waals surface area contributed by atoms with Crippen LogP contribution >= 0.6 is 0 Å². The molecule has 78 valence electrons. The van der Waals surface area contributed by atoms with Gasteiger partial charge in [-0.05, 0) is 24.7 Å². The van der Waals surface area contributed by atoms with Gasteiger partial charge < -0.3 is 9.69 Å². The molecule has 1 amide bonds. The zero-order chi connectivity index (χ0) is 10.2. The average Bonchev–Trinajstić information content (AvgIpc) is 2.90. The van der Waals surface area contributed by atoms with Crippen molar-refractivity contribution in [3.05, 3.63) is 0 Å². The lowest BCUT2D eigenvalue weighted by Crippen LogP contribution is -2.42. The van der Waals surface area contributed by atoms with Crippen LogP contribution in [0.2, 0.25) is 0 Å². The van der Waals surface area contributed by atoms with Crippen molar-refractivity contribution in [1.82, 2.24) is 4.90 Å². The standard InChI is InChI=1S/C11H17NO2/c1-9(8-13)7-12-5-4-11(2-3-11)6-10(12)14/h8-9H,2-7H2,1H3. The van der Waals surface area contributed by atoms with Gasteiger partial charge in [0, 0.05) is 25.4 Å². The number of carbonyl (C=O) groups excluding carboxylic acids is 2. The Bertz CT molecular complexity index is 258. The maximum absolute atomic E-state index is 11.7. The van der Waals surface area contributed by atoms with Crippen molar-refractivity contribution in [2.75, 3.05) is 13.1 Å². The fraction of sp³-hybridized carbons (Fsp3) is 0.818. The van der Waals surface area contributed by atoms with Crippen molar-refractivity contribution in [2.45, 2.75) is 32.6 Å². The summed E-state index contributed by atoms with van der Waals surface area (Å²) in [4.78, 5) is 24.0. The molecule has 0 radical (unpaired) electrons. The monoisotopic (exact) mass is 195 g/mol. The predicted octanol–water partition coefficient (Wildman–Crippen LogP) is 1.22. The zero-order valence-electron chi connectivity index (χ0n) is 8.66. The highest BCUT2D eigenvalue weighted by Crippen LogP contribution is 2.53. The van der Waals surface area contributed by atoms with Gasteiger partial charge in [-0.3, -0.25) is 4.79 Å². The fourth-order valence-electron chi connectivity index (χ4n) is 2.21. The van der Waals surface area contributed by atoms with Crippen LogP contribution in [0.1, 0.15) is 32.6 Å². The Morgan fingerprint density at radius 3 is 2.71 bits per heavy atom. The van der Waals surface area contributed by atoms with Crippen molar-refractivity contribution in [2.24, 2.45) is 11.3 Å². The Balaban J connectivity index is 1.89. The van der Waals surface area contributed by atoms with Crippen LogP contribution in [0.3, 0.4) is 0 Å². The van der Waals surface area contributed by atoms with Crippen molar-refractivity contribution in [3.63, 3.8) is 0 Å². The number of hydrogen-bond donors (Lipinski definition) is 0. The van der Waals surface area contributed by atoms with Crippen LogP contribution in [0.25, 0.3) is 0 Å². The SMILES string of the molecule is CC(C=O)CN1CCC2(CC2)CC1=O. The Morgan fingerprint density at radius 2 is 2.21 bits per heavy atom. The smallest absolute Gasteiger partial charge is 0.223 e. The van der Waals surface area contributed by atoms with Gasteiger partial charge in [-0.25, -0.2) is 0 Å². The lowest BCUT2D eigenvalue weighted by Gasteiger charge is -2.32. The Morgan fingerprint density at radius 1 is 1.50 bits per heavy atom. The first-order valence-corrected chi connectivity index (χ1v) is 5.38. The number of amides is 1. The lowest BCUT2D eigenvalue weighted by atomic mass is 9.92. The summed E-state index contributed by atoms with van der Waals surface area (Å²) in [5.74, 6) is 0.231. The molecular formula is C11H17NO2. The highest BCUT2D eigenvalue weighted by molar-refractivity contribution is 5.78. The fourth-order valence-corrected chi connectivity index (χ4v) is 2.21. The molecule has 1 spiro atoms. The van der Waals surface area contributed by atoms with E-state index < -0.39 is 0 Å². The quantitative estimate of drug-likeness (QED) is 0.635. The number of carbonyl (C=O) groups is 2. The number of aldehydes is 1. The van der Waals surface area contributed by atoms with Gasteiger partial charge >= 0.3 is 0 Å². The molecule has 1 atom stereocenters. The summed E-state index contributed by atoms with van der Waals surface area (Å²) < 4.78 is 0. The van der Waals surface area contributed by atoms with Crippen LogP contribution in [0.5, 0.6) is 0 Å². The third-order valence-electron chi connectivity index (χ3n) is 3.49. The second kappa shape index (κ2) is 3.37. The minimum absolute atomic E-state index is 0.0211. The van der Waals surface area contributed by atoms with E-state index in [-0.39, 0.29) is 11.8 Å². The number of nitrogens with zero attached hydrogens (tertiary/aromatic N) is 1. The topological polar surface area (TPSA) is 37.4 Å². The van der Waals surface area contributed by atoms with E-state index in [0.29, 0.717) is 12.0 Å². The Kier molecular flexibility index (Phi) is 2.33. The second-order valence-electron chi connectivity index (χ2n) is 4.88. The molecule has 0 N–H and O–H groups in total. The first kappa shape index (κ1) is 9.69. The van der Waals surface area contributed by atoms with E-state index in [1.54, 1.807) is 0 Å². The minimum atomic E-state index is -0.0211. The van der Waals surface area contributed by atoms with Crippen LogP contribution in [0, 0.1) is 11.3 Å². The van der Waals surface area contributed by atoms with Crippen LogP contribution in [0.4, 0.5) is 0 Å². The van der Waals surface area contributed by atoms with Gasteiger partial charge in [0.15, 0.2) is 0 Å². The van der Waals surface area contributed by atoms with Gasteiger partial charge in [-0.2, -0.15) is 0 Å². The molecule has 1 unspecified atom stereocenters. The highest BCUT2D eigenvalue weighted by Gasteiger charge is 2.47. The third-order valence-corrected chi connectivity index (χ3v) is 3.49. The second-order valence-corrected chi connectivity index (χ2v) is 4.88. The molecular weight excluding hydrogens is 178 g/mol. The summed E-state index contributed by atoms with van der Waals surface area (Å²) >= 11 is 0. The van der Waals surface area contributed by atoms with Gasteiger partial charge in [-0.15, -0.1) is 0 Å². The summed E-state index contributed by atoms with van der Waals surface area (Å²) in [6.45, 7) is 3.33. The van der Waals surface area contributed by atoms with Crippen molar-refractivity contribution in [1.29, 1.82) is 0 Å². The van der Waals surface area contributed by atoms with Gasteiger partial charge in [0.05, 0.1) is 0 Å². The Labute approximate surface area is 84.5 Å². The third kappa shape index (κ3) is 1.81. The van der Waals surface area contributed by atoms with E-state index in [2.05, 4.69) is 0 Å². The summed E-state index contributed by atoms with van der Waals surface area (Å²) in [6.07, 6.45) is 5.25. The Hall–Kier alpha value is -0.860. The zero-order valence-corrected chi connectivity index (χ0v) is 8.66. The highest BCUT2D eigenvalue weighted by atomic mass is 16.2. The van der Waals surface area contributed by atoms with Gasteiger partial charge in [-0.1, -0.05) is 6.92 Å². The van der Waals surface area contributed by atoms with Crippen molar-refractivity contribution >= 4 is 12.2 Å². The van der Waals surface area contributed by atoms with Crippen LogP contribution in [0.15, 0.2) is 0 Å². The summed E-state index contributed by atoms with van der Waals surface area (Å²) in [5, 5.41) is 0. The largest absolute Gasteiger partial charge is 0.342 e. The van der Waals surface area contributed by atoms with E-state index in [0.717, 1.165) is 25.7 Å². The van der Waals surface area contributed by atoms with Crippen LogP contribution < -0.4 is 0 Å². The molecule has 2 aliphatic rings. The molecule has 2 rings (SSSR count). The number of hydrogen-bond acceptors (Lipinski definition) is 2. The predicted molar refractivity (Wildman–Crippen MR) is 52.7 cm³/mol. The molecule has 0 aromatic rings. The maximum Gasteiger partial charge on any atom is 0.223 e. The molecule has 1 saturated heterocycles. The van der Waals surface area contributed by atoms with E-state index in [9.17, 15) is 9.59 Å². The maximum atomic E-state index is 11.7. The minimum Gasteiger partial charge on any atom is -0.342 e. The number of piperidine rings is 1. The number of likely N-dealkylation sites (tertiary alicyclic amines) is 1. The average molecular weight is 195 g/mol. The molecule has 0 bridgehead atoms. The molecule has 14 heavy (non-hydrogen) atoms. The molecule has 0 aromatic carbocycles. The normalized spacial score (nSPS) is 26.4. The van der Waals surface area contributed by atoms with E-state index >= 15 is 0 Å². The summed E-state index contributed by atoms with van der Waals surface area (Å²) in [6, 6.07) is 0. The summed E-state index contributed by atoms with van der Waals surface area (Å²) in [7, 11) is 0. The van der Waals surface area contributed by atoms with Crippen molar-refractivity contribution in [3.8, 4) is 0 Å². The molecule has 1 aliphatic heterocycles. The molecule has 3 nitrogen and oxygen atoms in total. The van der Waals surface area contributed by atoms with E-state index in [4.69, 9.17) is 0 Å². The van der Waals surface area contributed by atoms with Crippen LogP contribution in [-0.2, 0) is 9.59 Å².